The van der Waals surface area contributed by atoms with Crippen molar-refractivity contribution in [2.75, 3.05) is 13.2 Å². The Kier molecular flexibility index (Phi) is 4.88. The lowest BCUT2D eigenvalue weighted by molar-refractivity contribution is -0.119. The highest BCUT2D eigenvalue weighted by Crippen LogP contribution is 2.54. The lowest BCUT2D eigenvalue weighted by Crippen LogP contribution is -2.45. The van der Waals surface area contributed by atoms with Gasteiger partial charge in [-0.3, -0.25) is 9.59 Å². The molecule has 30 heavy (non-hydrogen) atoms. The van der Waals surface area contributed by atoms with Crippen LogP contribution in [0.15, 0.2) is 40.9 Å². The van der Waals surface area contributed by atoms with E-state index in [-0.39, 0.29) is 34.9 Å². The Hall–Kier alpha value is -2.47. The summed E-state index contributed by atoms with van der Waals surface area (Å²) >= 11 is 0. The third-order valence-electron chi connectivity index (χ3n) is 6.47. The van der Waals surface area contributed by atoms with Crippen molar-refractivity contribution >= 4 is 11.6 Å². The van der Waals surface area contributed by atoms with Crippen LogP contribution >= 0.6 is 0 Å². The number of aromatic hydroxyl groups is 1. The second kappa shape index (κ2) is 7.05. The summed E-state index contributed by atoms with van der Waals surface area (Å²) in [5.74, 6) is -0.749. The third-order valence-corrected chi connectivity index (χ3v) is 6.47. The fraction of sp³-hybridized carbons (Fsp3) is 0.542. The molecule has 0 radical (unpaired) electrons. The number of carbonyl (C=O) groups excluding carboxylic acids is 2. The standard InChI is InChI=1S/C24H30N2O4/c1-23(2)10-15-20(17(28)12-23)19(14-6-5-7-25-22(14)30)21-16(26(15)8-9-27)11-24(3,4)13-18(21)29/h5-7,19,27H,8-13H2,1-4H3,(H,25,30). The number of hydrogen-bond donors (Lipinski definition) is 2. The van der Waals surface area contributed by atoms with E-state index in [0.717, 1.165) is 11.4 Å². The van der Waals surface area contributed by atoms with Crippen molar-refractivity contribution in [3.05, 3.63) is 46.4 Å². The molecule has 2 N–H and O–H groups in total. The summed E-state index contributed by atoms with van der Waals surface area (Å²) in [7, 11) is 0. The Morgan fingerprint density at radius 2 is 1.53 bits per heavy atom. The molecular weight excluding hydrogens is 380 g/mol. The smallest absolute Gasteiger partial charge is 0.214 e. The quantitative estimate of drug-likeness (QED) is 0.793. The molecule has 1 aliphatic heterocycles. The van der Waals surface area contributed by atoms with Gasteiger partial charge in [-0.1, -0.05) is 33.8 Å². The van der Waals surface area contributed by atoms with Gasteiger partial charge in [0, 0.05) is 59.6 Å². The van der Waals surface area contributed by atoms with Gasteiger partial charge in [0.25, 0.3) is 0 Å². The molecule has 6 heteroatoms. The maximum Gasteiger partial charge on any atom is 0.214 e. The van der Waals surface area contributed by atoms with Crippen LogP contribution in [0.4, 0.5) is 0 Å². The Bertz CT molecular complexity index is 933. The van der Waals surface area contributed by atoms with Crippen LogP contribution in [-0.2, 0) is 9.59 Å². The third kappa shape index (κ3) is 3.37. The van der Waals surface area contributed by atoms with Crippen LogP contribution in [0.25, 0.3) is 0 Å². The Morgan fingerprint density at radius 1 is 1.00 bits per heavy atom. The SMILES string of the molecule is CC1(C)CC(=O)C2=C(C1)N(CCO)C1=C(C(=O)CC(C)(C)C1)C2c1cccnc1O. The van der Waals surface area contributed by atoms with Crippen molar-refractivity contribution in [3.8, 4) is 5.88 Å². The highest BCUT2D eigenvalue weighted by atomic mass is 16.3. The molecule has 0 aromatic carbocycles. The van der Waals surface area contributed by atoms with Gasteiger partial charge in [-0.2, -0.15) is 0 Å². The van der Waals surface area contributed by atoms with E-state index in [4.69, 9.17) is 0 Å². The van der Waals surface area contributed by atoms with Gasteiger partial charge in [0.2, 0.25) is 5.88 Å². The first kappa shape index (κ1) is 20.8. The molecule has 0 bridgehead atoms. The average molecular weight is 411 g/mol. The first-order valence-electron chi connectivity index (χ1n) is 10.6. The zero-order valence-corrected chi connectivity index (χ0v) is 18.2. The Labute approximate surface area is 177 Å². The largest absolute Gasteiger partial charge is 0.493 e. The molecule has 1 aromatic heterocycles. The summed E-state index contributed by atoms with van der Waals surface area (Å²) < 4.78 is 0. The number of nitrogens with zero attached hydrogens (tertiary/aromatic N) is 2. The highest BCUT2D eigenvalue weighted by molar-refractivity contribution is 6.07. The number of aliphatic hydroxyl groups excluding tert-OH is 1. The maximum absolute atomic E-state index is 13.4. The predicted octanol–water partition coefficient (Wildman–Crippen LogP) is 3.47. The van der Waals surface area contributed by atoms with Crippen LogP contribution in [0.3, 0.4) is 0 Å². The summed E-state index contributed by atoms with van der Waals surface area (Å²) in [6, 6.07) is 3.48. The summed E-state index contributed by atoms with van der Waals surface area (Å²) in [6.07, 6.45) is 3.63. The van der Waals surface area contributed by atoms with Crippen molar-refractivity contribution < 1.29 is 19.8 Å². The number of β-amino-alcohol motifs (C(OH)–C–C–N with tert-alkyl or cyclic N) is 1. The number of hydrogen-bond acceptors (Lipinski definition) is 6. The summed E-state index contributed by atoms with van der Waals surface area (Å²) in [4.78, 5) is 32.9. The molecular formula is C24H30N2O4. The minimum absolute atomic E-state index is 0.00151. The maximum atomic E-state index is 13.4. The first-order chi connectivity index (χ1) is 14.0. The van der Waals surface area contributed by atoms with E-state index in [9.17, 15) is 19.8 Å². The van der Waals surface area contributed by atoms with Gasteiger partial charge < -0.3 is 15.1 Å². The number of ketones is 2. The minimum Gasteiger partial charge on any atom is -0.493 e. The Morgan fingerprint density at radius 3 is 2.00 bits per heavy atom. The summed E-state index contributed by atoms with van der Waals surface area (Å²) in [5.41, 5.74) is 3.00. The van der Waals surface area contributed by atoms with Gasteiger partial charge in [-0.05, 0) is 29.7 Å². The van der Waals surface area contributed by atoms with Crippen LogP contribution in [0.2, 0.25) is 0 Å². The van der Waals surface area contributed by atoms with Crippen molar-refractivity contribution in [1.29, 1.82) is 0 Å². The van der Waals surface area contributed by atoms with Gasteiger partial charge >= 0.3 is 0 Å². The van der Waals surface area contributed by atoms with Crippen molar-refractivity contribution in [2.24, 2.45) is 10.8 Å². The molecule has 0 atom stereocenters. The number of pyridine rings is 1. The van der Waals surface area contributed by atoms with Crippen molar-refractivity contribution in [1.82, 2.24) is 9.88 Å². The second-order valence-electron chi connectivity index (χ2n) is 10.3. The molecule has 0 spiro atoms. The lowest BCUT2D eigenvalue weighted by Gasteiger charge is -2.49. The van der Waals surface area contributed by atoms with E-state index < -0.39 is 5.92 Å². The molecule has 2 heterocycles. The molecule has 0 fully saturated rings. The molecule has 0 saturated carbocycles. The monoisotopic (exact) mass is 410 g/mol. The van der Waals surface area contributed by atoms with Gasteiger partial charge in [0.15, 0.2) is 11.6 Å². The zero-order chi connectivity index (χ0) is 21.8. The molecule has 1 aromatic rings. The highest BCUT2D eigenvalue weighted by Gasteiger charge is 2.49. The van der Waals surface area contributed by atoms with Crippen LogP contribution in [0.5, 0.6) is 5.88 Å². The molecule has 160 valence electrons. The van der Waals surface area contributed by atoms with Gasteiger partial charge in [0.05, 0.1) is 6.61 Å². The van der Waals surface area contributed by atoms with E-state index in [1.54, 1.807) is 12.1 Å². The molecule has 0 unspecified atom stereocenters. The van der Waals surface area contributed by atoms with Crippen LogP contribution in [0, 0.1) is 10.8 Å². The van der Waals surface area contributed by atoms with Crippen LogP contribution in [-0.4, -0.2) is 44.8 Å². The van der Waals surface area contributed by atoms with Gasteiger partial charge in [-0.15, -0.1) is 0 Å². The molecule has 4 rings (SSSR count). The van der Waals surface area contributed by atoms with Gasteiger partial charge in [-0.25, -0.2) is 4.98 Å². The average Bonchev–Trinajstić information content (AvgIpc) is 2.61. The van der Waals surface area contributed by atoms with Gasteiger partial charge in [0.1, 0.15) is 0 Å². The summed E-state index contributed by atoms with van der Waals surface area (Å²) in [6.45, 7) is 8.56. The molecule has 0 amide bonds. The molecule has 3 aliphatic rings. The van der Waals surface area contributed by atoms with E-state index in [1.165, 1.54) is 6.20 Å². The molecule has 6 nitrogen and oxygen atoms in total. The number of aliphatic hydroxyl groups is 1. The first-order valence-corrected chi connectivity index (χ1v) is 10.6. The number of aromatic nitrogens is 1. The number of carbonyl (C=O) groups is 2. The van der Waals surface area contributed by atoms with E-state index >= 15 is 0 Å². The van der Waals surface area contributed by atoms with Crippen LogP contribution < -0.4 is 0 Å². The van der Waals surface area contributed by atoms with E-state index in [1.807, 2.05) is 4.90 Å². The predicted molar refractivity (Wildman–Crippen MR) is 113 cm³/mol. The normalized spacial score (nSPS) is 23.6. The fourth-order valence-corrected chi connectivity index (χ4v) is 5.36. The number of Topliss-reactive ketones (excluding diaryl/α,β-unsaturated/α-hetero) is 2. The number of rotatable bonds is 3. The topological polar surface area (TPSA) is 90.7 Å². The van der Waals surface area contributed by atoms with E-state index in [2.05, 4.69) is 32.7 Å². The summed E-state index contributed by atoms with van der Waals surface area (Å²) in [5, 5.41) is 20.4. The Balaban J connectivity index is 2.01. The minimum atomic E-state index is -0.606. The number of allylic oxidation sites excluding steroid dienone is 4. The fourth-order valence-electron chi connectivity index (χ4n) is 5.36. The van der Waals surface area contributed by atoms with Crippen molar-refractivity contribution in [2.45, 2.75) is 59.3 Å². The lowest BCUT2D eigenvalue weighted by atomic mass is 9.63. The van der Waals surface area contributed by atoms with Crippen LogP contribution in [0.1, 0.15) is 64.9 Å². The molecule has 2 aliphatic carbocycles. The molecule has 0 saturated heterocycles. The van der Waals surface area contributed by atoms with Crippen molar-refractivity contribution in [3.63, 3.8) is 0 Å². The zero-order valence-electron chi connectivity index (χ0n) is 18.2. The second-order valence-corrected chi connectivity index (χ2v) is 10.3. The van der Waals surface area contributed by atoms with E-state index in [0.29, 0.717) is 48.9 Å².